The van der Waals surface area contributed by atoms with Gasteiger partial charge in [0.25, 0.3) is 0 Å². The molecular formula is C16H19BrN2O2. The zero-order valence-electron chi connectivity index (χ0n) is 12.1. The molecule has 1 heterocycles. The van der Waals surface area contributed by atoms with Gasteiger partial charge in [-0.15, -0.1) is 0 Å². The molecule has 1 N–H and O–H groups in total. The van der Waals surface area contributed by atoms with Crippen LogP contribution in [0, 0.1) is 23.2 Å². The summed E-state index contributed by atoms with van der Waals surface area (Å²) in [4.78, 5) is 13.1. The van der Waals surface area contributed by atoms with Crippen LogP contribution in [0.5, 0.6) is 0 Å². The molecule has 5 heteroatoms. The van der Waals surface area contributed by atoms with Crippen molar-refractivity contribution in [2.45, 2.75) is 26.2 Å². The summed E-state index contributed by atoms with van der Waals surface area (Å²) in [5.41, 5.74) is 1.61. The number of halogens is 1. The molecule has 0 amide bonds. The SMILES string of the molecule is CC(CC(=O)O)C1CCCN(c2ccc(Br)cc2C#N)C1. The molecule has 1 fully saturated rings. The van der Waals surface area contributed by atoms with E-state index in [0.29, 0.717) is 11.5 Å². The summed E-state index contributed by atoms with van der Waals surface area (Å²) in [5.74, 6) is -0.211. The van der Waals surface area contributed by atoms with E-state index in [1.807, 2.05) is 25.1 Å². The Labute approximate surface area is 133 Å². The van der Waals surface area contributed by atoms with Crippen LogP contribution in [0.2, 0.25) is 0 Å². The van der Waals surface area contributed by atoms with E-state index in [1.54, 1.807) is 0 Å². The molecule has 0 saturated carbocycles. The molecule has 0 radical (unpaired) electrons. The minimum absolute atomic E-state index is 0.159. The molecule has 1 aromatic carbocycles. The smallest absolute Gasteiger partial charge is 0.303 e. The highest BCUT2D eigenvalue weighted by Crippen LogP contribution is 2.31. The Balaban J connectivity index is 2.14. The van der Waals surface area contributed by atoms with Gasteiger partial charge in [0.1, 0.15) is 6.07 Å². The molecule has 1 aliphatic heterocycles. The van der Waals surface area contributed by atoms with Crippen LogP contribution in [0.15, 0.2) is 22.7 Å². The van der Waals surface area contributed by atoms with Crippen molar-refractivity contribution in [3.05, 3.63) is 28.2 Å². The predicted octanol–water partition coefficient (Wildman–Crippen LogP) is 3.65. The number of nitrogens with zero attached hydrogens (tertiary/aromatic N) is 2. The van der Waals surface area contributed by atoms with Crippen molar-refractivity contribution in [3.63, 3.8) is 0 Å². The fourth-order valence-electron chi connectivity index (χ4n) is 3.01. The fourth-order valence-corrected chi connectivity index (χ4v) is 3.37. The number of hydrogen-bond acceptors (Lipinski definition) is 3. The third-order valence-corrected chi connectivity index (χ3v) is 4.67. The Morgan fingerprint density at radius 3 is 3.05 bits per heavy atom. The summed E-state index contributed by atoms with van der Waals surface area (Å²) >= 11 is 3.39. The minimum atomic E-state index is -0.735. The van der Waals surface area contributed by atoms with Crippen LogP contribution in [-0.2, 0) is 4.79 Å². The molecule has 2 unspecified atom stereocenters. The maximum Gasteiger partial charge on any atom is 0.303 e. The number of piperidine rings is 1. The van der Waals surface area contributed by atoms with E-state index in [-0.39, 0.29) is 12.3 Å². The van der Waals surface area contributed by atoms with E-state index in [2.05, 4.69) is 26.9 Å². The summed E-state index contributed by atoms with van der Waals surface area (Å²) in [6, 6.07) is 7.99. The predicted molar refractivity (Wildman–Crippen MR) is 85.2 cm³/mol. The van der Waals surface area contributed by atoms with E-state index < -0.39 is 5.97 Å². The van der Waals surface area contributed by atoms with Crippen LogP contribution < -0.4 is 4.90 Å². The quantitative estimate of drug-likeness (QED) is 0.899. The van der Waals surface area contributed by atoms with Crippen LogP contribution in [0.4, 0.5) is 5.69 Å². The normalized spacial score (nSPS) is 19.9. The van der Waals surface area contributed by atoms with Crippen molar-refractivity contribution in [2.75, 3.05) is 18.0 Å². The number of anilines is 1. The molecule has 0 aromatic heterocycles. The third-order valence-electron chi connectivity index (χ3n) is 4.18. The number of hydrogen-bond donors (Lipinski definition) is 1. The third kappa shape index (κ3) is 3.98. The average Bonchev–Trinajstić information content (AvgIpc) is 2.46. The van der Waals surface area contributed by atoms with Gasteiger partial charge in [0.05, 0.1) is 11.3 Å². The molecule has 0 bridgehead atoms. The van der Waals surface area contributed by atoms with Crippen LogP contribution in [0.3, 0.4) is 0 Å². The van der Waals surface area contributed by atoms with Crippen LogP contribution in [0.1, 0.15) is 31.7 Å². The second-order valence-corrected chi connectivity index (χ2v) is 6.61. The van der Waals surface area contributed by atoms with Gasteiger partial charge >= 0.3 is 5.97 Å². The zero-order valence-corrected chi connectivity index (χ0v) is 13.6. The Hall–Kier alpha value is -1.54. The van der Waals surface area contributed by atoms with Gasteiger partial charge < -0.3 is 10.0 Å². The van der Waals surface area contributed by atoms with Crippen LogP contribution in [-0.4, -0.2) is 24.2 Å². The fraction of sp³-hybridized carbons (Fsp3) is 0.500. The second kappa shape index (κ2) is 6.95. The molecular weight excluding hydrogens is 332 g/mol. The topological polar surface area (TPSA) is 64.3 Å². The van der Waals surface area contributed by atoms with Gasteiger partial charge in [0.15, 0.2) is 0 Å². The number of nitriles is 1. The van der Waals surface area contributed by atoms with Gasteiger partial charge in [-0.3, -0.25) is 4.79 Å². The summed E-state index contributed by atoms with van der Waals surface area (Å²) in [6.45, 7) is 3.76. The van der Waals surface area contributed by atoms with Gasteiger partial charge in [-0.25, -0.2) is 0 Å². The highest BCUT2D eigenvalue weighted by atomic mass is 79.9. The maximum absolute atomic E-state index is 10.9. The maximum atomic E-state index is 10.9. The van der Waals surface area contributed by atoms with Gasteiger partial charge in [0.2, 0.25) is 0 Å². The first kappa shape index (κ1) is 15.8. The molecule has 2 rings (SSSR count). The Morgan fingerprint density at radius 2 is 2.38 bits per heavy atom. The molecule has 112 valence electrons. The lowest BCUT2D eigenvalue weighted by atomic mass is 9.84. The lowest BCUT2D eigenvalue weighted by Crippen LogP contribution is -2.38. The number of carboxylic acids is 1. The standard InChI is InChI=1S/C16H19BrN2O2/c1-11(7-16(20)21)12-3-2-6-19(10-12)15-5-4-14(17)8-13(15)9-18/h4-5,8,11-12H,2-3,6-7,10H2,1H3,(H,20,21). The van der Waals surface area contributed by atoms with E-state index in [9.17, 15) is 10.1 Å². The van der Waals surface area contributed by atoms with Crippen LogP contribution in [0.25, 0.3) is 0 Å². The first-order valence-electron chi connectivity index (χ1n) is 7.17. The monoisotopic (exact) mass is 350 g/mol. The molecule has 1 saturated heterocycles. The lowest BCUT2D eigenvalue weighted by Gasteiger charge is -2.37. The minimum Gasteiger partial charge on any atom is -0.481 e. The number of aliphatic carboxylic acids is 1. The first-order chi connectivity index (χ1) is 10.0. The van der Waals surface area contributed by atoms with E-state index >= 15 is 0 Å². The molecule has 0 aliphatic carbocycles. The van der Waals surface area contributed by atoms with Crippen molar-refractivity contribution in [3.8, 4) is 6.07 Å². The average molecular weight is 351 g/mol. The van der Waals surface area contributed by atoms with Gasteiger partial charge in [-0.05, 0) is 42.9 Å². The Morgan fingerprint density at radius 1 is 1.62 bits per heavy atom. The van der Waals surface area contributed by atoms with Gasteiger partial charge in [-0.1, -0.05) is 22.9 Å². The summed E-state index contributed by atoms with van der Waals surface area (Å²) in [7, 11) is 0. The Bertz CT molecular complexity index is 568. The van der Waals surface area contributed by atoms with E-state index in [0.717, 1.165) is 36.1 Å². The zero-order chi connectivity index (χ0) is 15.4. The van der Waals surface area contributed by atoms with Crippen molar-refractivity contribution in [2.24, 2.45) is 11.8 Å². The van der Waals surface area contributed by atoms with Crippen molar-refractivity contribution in [1.29, 1.82) is 5.26 Å². The van der Waals surface area contributed by atoms with Gasteiger partial charge in [0, 0.05) is 24.0 Å². The van der Waals surface area contributed by atoms with Crippen molar-refractivity contribution < 1.29 is 9.90 Å². The highest BCUT2D eigenvalue weighted by Gasteiger charge is 2.27. The molecule has 0 spiro atoms. The molecule has 1 aromatic rings. The van der Waals surface area contributed by atoms with Crippen molar-refractivity contribution >= 4 is 27.6 Å². The second-order valence-electron chi connectivity index (χ2n) is 5.70. The first-order valence-corrected chi connectivity index (χ1v) is 7.97. The summed E-state index contributed by atoms with van der Waals surface area (Å²) in [5, 5.41) is 18.2. The van der Waals surface area contributed by atoms with E-state index in [1.165, 1.54) is 0 Å². The van der Waals surface area contributed by atoms with Gasteiger partial charge in [-0.2, -0.15) is 5.26 Å². The van der Waals surface area contributed by atoms with E-state index in [4.69, 9.17) is 5.11 Å². The Kier molecular flexibility index (Phi) is 5.24. The largest absolute Gasteiger partial charge is 0.481 e. The summed E-state index contributed by atoms with van der Waals surface area (Å²) in [6.07, 6.45) is 2.31. The molecule has 4 nitrogen and oxygen atoms in total. The number of carboxylic acid groups (broad SMARTS) is 1. The number of carbonyl (C=O) groups is 1. The molecule has 21 heavy (non-hydrogen) atoms. The number of benzene rings is 1. The number of rotatable bonds is 4. The lowest BCUT2D eigenvalue weighted by molar-refractivity contribution is -0.138. The highest BCUT2D eigenvalue weighted by molar-refractivity contribution is 9.10. The molecule has 1 aliphatic rings. The molecule has 2 atom stereocenters. The summed E-state index contributed by atoms with van der Waals surface area (Å²) < 4.78 is 0.899. The van der Waals surface area contributed by atoms with Crippen molar-refractivity contribution in [1.82, 2.24) is 0 Å². The van der Waals surface area contributed by atoms with Crippen LogP contribution >= 0.6 is 15.9 Å².